The van der Waals surface area contributed by atoms with Crippen LogP contribution in [-0.4, -0.2) is 53.1 Å². The summed E-state index contributed by atoms with van der Waals surface area (Å²) in [6.45, 7) is 3.77. The summed E-state index contributed by atoms with van der Waals surface area (Å²) in [4.78, 5) is 25.8. The lowest BCUT2D eigenvalue weighted by molar-refractivity contribution is -0.131. The Bertz CT molecular complexity index is 1190. The molecule has 2 amide bonds. The van der Waals surface area contributed by atoms with E-state index in [1.165, 1.54) is 5.56 Å². The number of amides is 2. The van der Waals surface area contributed by atoms with Gasteiger partial charge in [-0.3, -0.25) is 9.59 Å². The largest absolute Gasteiger partial charge is 0.489 e. The first kappa shape index (κ1) is 31.9. The average Bonchev–Trinajstić information content (AvgIpc) is 3.00. The first-order valence-electron chi connectivity index (χ1n) is 13.8. The van der Waals surface area contributed by atoms with Crippen molar-refractivity contribution in [2.75, 3.05) is 19.0 Å². The molecule has 7 nitrogen and oxygen atoms in total. The van der Waals surface area contributed by atoms with Gasteiger partial charge in [-0.05, 0) is 41.7 Å². The second-order valence-corrected chi connectivity index (χ2v) is 10.9. The molecule has 0 aliphatic carbocycles. The monoisotopic (exact) mass is 576 g/mol. The number of hydrogen-bond acceptors (Lipinski definition) is 6. The fraction of sp³-hybridized carbons (Fsp3) is 0.333. The number of benzene rings is 3. The highest BCUT2D eigenvalue weighted by atomic mass is 32.2. The van der Waals surface area contributed by atoms with E-state index in [1.54, 1.807) is 17.8 Å². The third-order valence-corrected chi connectivity index (χ3v) is 7.67. The molecule has 8 heteroatoms. The Labute approximate surface area is 247 Å². The number of aliphatic hydroxyl groups excluding tert-OH is 2. The maximum Gasteiger partial charge on any atom is 0.224 e. The predicted octanol–water partition coefficient (Wildman–Crippen LogP) is 4.28. The summed E-state index contributed by atoms with van der Waals surface area (Å²) in [5.74, 6) is 0.810. The van der Waals surface area contributed by atoms with Gasteiger partial charge in [0, 0.05) is 17.9 Å². The van der Waals surface area contributed by atoms with Crippen LogP contribution in [0.3, 0.4) is 0 Å². The predicted molar refractivity (Wildman–Crippen MR) is 164 cm³/mol. The fourth-order valence-corrected chi connectivity index (χ4v) is 5.27. The molecule has 3 rings (SSSR count). The number of allylic oxidation sites excluding steroid dienone is 1. The fourth-order valence-electron chi connectivity index (χ4n) is 4.26. The lowest BCUT2D eigenvalue weighted by atomic mass is 9.98. The number of carbonyl (C=O) groups is 2. The van der Waals surface area contributed by atoms with Crippen LogP contribution < -0.4 is 15.4 Å². The smallest absolute Gasteiger partial charge is 0.224 e. The SMILES string of the molecule is C=CC[C@@H](CC(=O)N[C@H](CO)Cc1ccc(OCc2ccccc2)cc1)C(=O)N[C@H](CO)CSCc1ccccc1. The van der Waals surface area contributed by atoms with Crippen LogP contribution in [0.4, 0.5) is 0 Å². The molecule has 0 aromatic heterocycles. The summed E-state index contributed by atoms with van der Waals surface area (Å²) < 4.78 is 5.83. The van der Waals surface area contributed by atoms with E-state index in [-0.39, 0.29) is 31.4 Å². The number of ether oxygens (including phenoxy) is 1. The molecule has 0 saturated heterocycles. The topological polar surface area (TPSA) is 108 Å². The van der Waals surface area contributed by atoms with Crippen molar-refractivity contribution in [1.29, 1.82) is 0 Å². The van der Waals surface area contributed by atoms with Gasteiger partial charge in [0.05, 0.1) is 31.2 Å². The number of aliphatic hydroxyl groups is 2. The van der Waals surface area contributed by atoms with Gasteiger partial charge in [-0.2, -0.15) is 11.8 Å². The number of carbonyl (C=O) groups excluding carboxylic acids is 2. The van der Waals surface area contributed by atoms with Crippen molar-refractivity contribution in [2.45, 2.75) is 43.7 Å². The molecule has 0 unspecified atom stereocenters. The van der Waals surface area contributed by atoms with E-state index in [2.05, 4.69) is 17.2 Å². The molecule has 0 saturated carbocycles. The van der Waals surface area contributed by atoms with Gasteiger partial charge in [0.25, 0.3) is 0 Å². The van der Waals surface area contributed by atoms with E-state index in [0.717, 1.165) is 22.6 Å². The minimum absolute atomic E-state index is 0.0457. The summed E-state index contributed by atoms with van der Waals surface area (Å²) in [6, 6.07) is 26.5. The Hall–Kier alpha value is -3.59. The Morgan fingerprint density at radius 1 is 0.829 bits per heavy atom. The summed E-state index contributed by atoms with van der Waals surface area (Å²) in [5, 5.41) is 25.4. The van der Waals surface area contributed by atoms with Crippen LogP contribution in [0.25, 0.3) is 0 Å². The lowest BCUT2D eigenvalue weighted by Gasteiger charge is -2.22. The van der Waals surface area contributed by atoms with Crippen LogP contribution in [0.1, 0.15) is 29.5 Å². The number of hydrogen-bond donors (Lipinski definition) is 4. The van der Waals surface area contributed by atoms with Gasteiger partial charge in [-0.25, -0.2) is 0 Å². The summed E-state index contributed by atoms with van der Waals surface area (Å²) in [5.41, 5.74) is 3.19. The van der Waals surface area contributed by atoms with E-state index < -0.39 is 18.0 Å². The molecule has 0 aliphatic rings. The number of nitrogens with one attached hydrogen (secondary N) is 2. The summed E-state index contributed by atoms with van der Waals surface area (Å²) >= 11 is 1.62. The molecule has 0 aliphatic heterocycles. The van der Waals surface area contributed by atoms with Crippen molar-refractivity contribution in [3.8, 4) is 5.75 Å². The molecule has 3 aromatic rings. The highest BCUT2D eigenvalue weighted by molar-refractivity contribution is 7.98. The van der Waals surface area contributed by atoms with E-state index in [4.69, 9.17) is 4.74 Å². The van der Waals surface area contributed by atoms with Gasteiger partial charge < -0.3 is 25.6 Å². The second kappa shape index (κ2) is 18.0. The highest BCUT2D eigenvalue weighted by Gasteiger charge is 2.24. The summed E-state index contributed by atoms with van der Waals surface area (Å²) in [7, 11) is 0. The summed E-state index contributed by atoms with van der Waals surface area (Å²) in [6.07, 6.45) is 2.32. The Kier molecular flexibility index (Phi) is 14.0. The molecule has 0 spiro atoms. The molecular weight excluding hydrogens is 536 g/mol. The van der Waals surface area contributed by atoms with Crippen molar-refractivity contribution >= 4 is 23.6 Å². The maximum absolute atomic E-state index is 13.0. The minimum atomic E-state index is -0.624. The molecule has 3 aromatic carbocycles. The van der Waals surface area contributed by atoms with Crippen LogP contribution in [0.15, 0.2) is 97.6 Å². The Balaban J connectivity index is 1.45. The molecule has 0 fully saturated rings. The zero-order valence-electron chi connectivity index (χ0n) is 23.3. The first-order valence-corrected chi connectivity index (χ1v) is 15.0. The second-order valence-electron chi connectivity index (χ2n) is 9.88. The van der Waals surface area contributed by atoms with Gasteiger partial charge in [-0.1, -0.05) is 78.9 Å². The number of rotatable bonds is 18. The van der Waals surface area contributed by atoms with Crippen molar-refractivity contribution in [3.05, 3.63) is 114 Å². The average molecular weight is 577 g/mol. The highest BCUT2D eigenvalue weighted by Crippen LogP contribution is 2.17. The zero-order chi connectivity index (χ0) is 29.3. The van der Waals surface area contributed by atoms with Crippen LogP contribution in [0, 0.1) is 5.92 Å². The van der Waals surface area contributed by atoms with Crippen LogP contribution in [-0.2, 0) is 28.4 Å². The quantitative estimate of drug-likeness (QED) is 0.169. The number of thioether (sulfide) groups is 1. The molecule has 0 heterocycles. The first-order chi connectivity index (χ1) is 20.0. The van der Waals surface area contributed by atoms with Crippen molar-refractivity contribution in [3.63, 3.8) is 0 Å². The standard InChI is InChI=1S/C33H40N2O5S/c1-2-9-28(33(39)35-30(21-37)24-41-23-27-12-7-4-8-13-27)19-32(38)34-29(20-36)18-25-14-16-31(17-15-25)40-22-26-10-5-3-6-11-26/h2-8,10-17,28-30,36-37H,1,9,18-24H2,(H,34,38)(H,35,39)/t28-,29-,30+/m0/s1. The molecular formula is C33H40N2O5S. The van der Waals surface area contributed by atoms with Gasteiger partial charge in [0.1, 0.15) is 12.4 Å². The van der Waals surface area contributed by atoms with E-state index >= 15 is 0 Å². The Morgan fingerprint density at radius 2 is 1.46 bits per heavy atom. The third kappa shape index (κ3) is 11.8. The molecule has 4 N–H and O–H groups in total. The van der Waals surface area contributed by atoms with Crippen molar-refractivity contribution in [2.24, 2.45) is 5.92 Å². The van der Waals surface area contributed by atoms with E-state index in [1.807, 2.05) is 84.9 Å². The molecule has 0 radical (unpaired) electrons. The van der Waals surface area contributed by atoms with Crippen LogP contribution in [0.5, 0.6) is 5.75 Å². The van der Waals surface area contributed by atoms with Crippen molar-refractivity contribution in [1.82, 2.24) is 10.6 Å². The van der Waals surface area contributed by atoms with Gasteiger partial charge in [-0.15, -0.1) is 6.58 Å². The Morgan fingerprint density at radius 3 is 2.07 bits per heavy atom. The van der Waals surface area contributed by atoms with E-state index in [0.29, 0.717) is 25.2 Å². The lowest BCUT2D eigenvalue weighted by Crippen LogP contribution is -2.45. The van der Waals surface area contributed by atoms with Crippen LogP contribution >= 0.6 is 11.8 Å². The van der Waals surface area contributed by atoms with E-state index in [9.17, 15) is 19.8 Å². The maximum atomic E-state index is 13.0. The molecule has 218 valence electrons. The third-order valence-electron chi connectivity index (χ3n) is 6.49. The van der Waals surface area contributed by atoms with Gasteiger partial charge >= 0.3 is 0 Å². The van der Waals surface area contributed by atoms with Gasteiger partial charge in [0.15, 0.2) is 0 Å². The normalized spacial score (nSPS) is 13.0. The van der Waals surface area contributed by atoms with Crippen LogP contribution in [0.2, 0.25) is 0 Å². The van der Waals surface area contributed by atoms with Crippen molar-refractivity contribution < 1.29 is 24.5 Å². The minimum Gasteiger partial charge on any atom is -0.489 e. The molecule has 41 heavy (non-hydrogen) atoms. The zero-order valence-corrected chi connectivity index (χ0v) is 24.1. The molecule has 3 atom stereocenters. The van der Waals surface area contributed by atoms with Gasteiger partial charge in [0.2, 0.25) is 11.8 Å². The molecule has 0 bridgehead atoms.